The summed E-state index contributed by atoms with van der Waals surface area (Å²) in [5.41, 5.74) is 4.04. The molecule has 0 fully saturated rings. The molecule has 0 bridgehead atoms. The number of imidazole rings is 1. The van der Waals surface area contributed by atoms with Crippen LogP contribution in [-0.2, 0) is 43.9 Å². The van der Waals surface area contributed by atoms with E-state index in [1.807, 2.05) is 19.1 Å². The summed E-state index contributed by atoms with van der Waals surface area (Å²) in [5.74, 6) is -0.473. The largest absolute Gasteiger partial charge is 0.435 e. The van der Waals surface area contributed by atoms with E-state index in [9.17, 15) is 22.8 Å². The predicted octanol–water partition coefficient (Wildman–Crippen LogP) is 5.30. The molecule has 0 spiro atoms. The molecule has 226 valence electrons. The van der Waals surface area contributed by atoms with Crippen molar-refractivity contribution in [2.24, 2.45) is 7.05 Å². The van der Waals surface area contributed by atoms with Crippen LogP contribution >= 0.6 is 0 Å². The minimum atomic E-state index is -4.67. The third-order valence-corrected chi connectivity index (χ3v) is 7.87. The minimum Gasteiger partial charge on any atom is -0.352 e. The number of benzene rings is 2. The van der Waals surface area contributed by atoms with E-state index >= 15 is 0 Å². The molecule has 0 aliphatic carbocycles. The lowest BCUT2D eigenvalue weighted by Crippen LogP contribution is -2.38. The standard InChI is InChI=1S/C32H30F3N7O2/c1-4-20-11-22(15-38-19(2)43)29-26(12-20)28(5-7-37-29)42-9-6-23-24(27-17-40(3)39-30(27)32(33,34)35)13-21(14-25(23)31(42)44)16-41-10-8-36-18-41/h5,7-8,10-14,17-18H,4,6,9,15-16H2,1-3H3,(H,38,43). The van der Waals surface area contributed by atoms with Gasteiger partial charge in [0.15, 0.2) is 5.69 Å². The zero-order valence-electron chi connectivity index (χ0n) is 24.4. The van der Waals surface area contributed by atoms with Gasteiger partial charge in [-0.15, -0.1) is 0 Å². The van der Waals surface area contributed by atoms with Crippen molar-refractivity contribution in [2.75, 3.05) is 11.4 Å². The lowest BCUT2D eigenvalue weighted by molar-refractivity contribution is -0.141. The Bertz CT molecular complexity index is 1890. The zero-order chi connectivity index (χ0) is 31.2. The van der Waals surface area contributed by atoms with Gasteiger partial charge in [0.25, 0.3) is 5.91 Å². The third kappa shape index (κ3) is 5.43. The molecule has 3 aromatic heterocycles. The molecule has 0 atom stereocenters. The third-order valence-electron chi connectivity index (χ3n) is 7.87. The van der Waals surface area contributed by atoms with Gasteiger partial charge in [-0.3, -0.25) is 19.3 Å². The number of amides is 2. The van der Waals surface area contributed by atoms with Crippen LogP contribution in [0.25, 0.3) is 22.0 Å². The molecule has 6 rings (SSSR count). The summed E-state index contributed by atoms with van der Waals surface area (Å²) >= 11 is 0. The van der Waals surface area contributed by atoms with Gasteiger partial charge in [-0.25, -0.2) is 4.98 Å². The Labute approximate surface area is 251 Å². The summed E-state index contributed by atoms with van der Waals surface area (Å²) in [5, 5.41) is 7.33. The average molecular weight is 602 g/mol. The van der Waals surface area contributed by atoms with Crippen molar-refractivity contribution < 1.29 is 22.8 Å². The number of pyridine rings is 1. The van der Waals surface area contributed by atoms with Crippen LogP contribution in [0.15, 0.2) is 61.4 Å². The van der Waals surface area contributed by atoms with E-state index < -0.39 is 11.9 Å². The molecule has 2 aromatic carbocycles. The van der Waals surface area contributed by atoms with Crippen molar-refractivity contribution in [3.63, 3.8) is 0 Å². The second-order valence-corrected chi connectivity index (χ2v) is 10.9. The maximum atomic E-state index is 14.3. The number of nitrogens with one attached hydrogen (secondary N) is 1. The van der Waals surface area contributed by atoms with Gasteiger partial charge in [0.05, 0.1) is 17.5 Å². The van der Waals surface area contributed by atoms with E-state index in [1.165, 1.54) is 20.2 Å². The number of carbonyl (C=O) groups excluding carboxylic acids is 2. The van der Waals surface area contributed by atoms with Crippen LogP contribution in [-0.4, -0.2) is 42.7 Å². The summed E-state index contributed by atoms with van der Waals surface area (Å²) in [6, 6.07) is 9.27. The molecule has 0 saturated heterocycles. The number of aryl methyl sites for hydroxylation is 2. The fourth-order valence-electron chi connectivity index (χ4n) is 5.88. The SMILES string of the molecule is CCc1cc(CNC(C)=O)c2nccc(N3CCc4c(cc(Cn5ccnc5)cc4-c4cn(C)nc4C(F)(F)F)C3=O)c2c1. The number of hydrogen-bond donors (Lipinski definition) is 1. The van der Waals surface area contributed by atoms with Crippen molar-refractivity contribution in [2.45, 2.75) is 46.0 Å². The Hall–Kier alpha value is -5.00. The molecule has 1 aliphatic heterocycles. The Morgan fingerprint density at radius 1 is 1.07 bits per heavy atom. The maximum absolute atomic E-state index is 14.3. The van der Waals surface area contributed by atoms with E-state index in [4.69, 9.17) is 0 Å². The Kier molecular flexibility index (Phi) is 7.44. The van der Waals surface area contributed by atoms with Crippen molar-refractivity contribution in [1.29, 1.82) is 0 Å². The Morgan fingerprint density at radius 2 is 1.86 bits per heavy atom. The van der Waals surface area contributed by atoms with Gasteiger partial charge in [0.2, 0.25) is 5.91 Å². The molecule has 0 radical (unpaired) electrons. The van der Waals surface area contributed by atoms with Crippen LogP contribution in [0.3, 0.4) is 0 Å². The molecule has 0 unspecified atom stereocenters. The molecule has 12 heteroatoms. The number of alkyl halides is 3. The smallest absolute Gasteiger partial charge is 0.352 e. The molecule has 5 aromatic rings. The van der Waals surface area contributed by atoms with Gasteiger partial charge in [0, 0.05) is 74.9 Å². The minimum absolute atomic E-state index is 0.0606. The highest BCUT2D eigenvalue weighted by molar-refractivity contribution is 6.13. The lowest BCUT2D eigenvalue weighted by Gasteiger charge is -2.31. The predicted molar refractivity (Wildman–Crippen MR) is 159 cm³/mol. The summed E-state index contributed by atoms with van der Waals surface area (Å²) in [6.07, 6.45) is 4.39. The van der Waals surface area contributed by atoms with Crippen LogP contribution < -0.4 is 10.2 Å². The van der Waals surface area contributed by atoms with Gasteiger partial charge in [-0.05, 0) is 64.9 Å². The van der Waals surface area contributed by atoms with Crippen LogP contribution in [0.2, 0.25) is 0 Å². The van der Waals surface area contributed by atoms with Gasteiger partial charge < -0.3 is 14.8 Å². The fourth-order valence-corrected chi connectivity index (χ4v) is 5.88. The number of rotatable bonds is 7. The second kappa shape index (κ2) is 11.3. The van der Waals surface area contributed by atoms with E-state index in [0.717, 1.165) is 27.6 Å². The first kappa shape index (κ1) is 29.1. The fraction of sp³-hybridized carbons (Fsp3) is 0.281. The number of anilines is 1. The van der Waals surface area contributed by atoms with E-state index in [2.05, 4.69) is 20.4 Å². The molecule has 44 heavy (non-hydrogen) atoms. The average Bonchev–Trinajstić information content (AvgIpc) is 3.65. The molecule has 9 nitrogen and oxygen atoms in total. The molecule has 2 amide bonds. The van der Waals surface area contributed by atoms with Crippen molar-refractivity contribution in [3.05, 3.63) is 95.0 Å². The summed E-state index contributed by atoms with van der Waals surface area (Å²) < 4.78 is 45.2. The van der Waals surface area contributed by atoms with Crippen LogP contribution in [0.1, 0.15) is 52.2 Å². The van der Waals surface area contributed by atoms with Gasteiger partial charge in [-0.1, -0.05) is 13.0 Å². The summed E-state index contributed by atoms with van der Waals surface area (Å²) in [7, 11) is 1.45. The van der Waals surface area contributed by atoms with Gasteiger partial charge >= 0.3 is 6.18 Å². The van der Waals surface area contributed by atoms with Gasteiger partial charge in [0.1, 0.15) is 0 Å². The quantitative estimate of drug-likeness (QED) is 0.273. The number of halogens is 3. The van der Waals surface area contributed by atoms with E-state index in [-0.39, 0.29) is 23.9 Å². The highest BCUT2D eigenvalue weighted by Gasteiger charge is 2.39. The number of fused-ring (bicyclic) bond motifs is 2. The lowest BCUT2D eigenvalue weighted by atomic mass is 9.87. The number of carbonyl (C=O) groups is 2. The Morgan fingerprint density at radius 3 is 2.57 bits per heavy atom. The van der Waals surface area contributed by atoms with Crippen LogP contribution in [0.4, 0.5) is 18.9 Å². The normalized spacial score (nSPS) is 13.4. The molecule has 1 N–H and O–H groups in total. The number of aromatic nitrogens is 5. The van der Waals surface area contributed by atoms with Crippen molar-refractivity contribution >= 4 is 28.4 Å². The van der Waals surface area contributed by atoms with Crippen molar-refractivity contribution in [1.82, 2.24) is 29.6 Å². The zero-order valence-corrected chi connectivity index (χ0v) is 24.4. The maximum Gasteiger partial charge on any atom is 0.435 e. The van der Waals surface area contributed by atoms with Crippen LogP contribution in [0, 0.1) is 0 Å². The Balaban J connectivity index is 1.50. The summed E-state index contributed by atoms with van der Waals surface area (Å²) in [4.78, 5) is 36.3. The topological polar surface area (TPSA) is 97.9 Å². The highest BCUT2D eigenvalue weighted by atomic mass is 19.4. The molecular weight excluding hydrogens is 571 g/mol. The highest BCUT2D eigenvalue weighted by Crippen LogP contribution is 2.41. The molecule has 4 heterocycles. The van der Waals surface area contributed by atoms with Crippen molar-refractivity contribution in [3.8, 4) is 11.1 Å². The monoisotopic (exact) mass is 601 g/mol. The van der Waals surface area contributed by atoms with E-state index in [1.54, 1.807) is 52.6 Å². The second-order valence-electron chi connectivity index (χ2n) is 10.9. The molecule has 0 saturated carbocycles. The number of nitrogens with zero attached hydrogens (tertiary/aromatic N) is 6. The van der Waals surface area contributed by atoms with Crippen LogP contribution in [0.5, 0.6) is 0 Å². The first-order valence-corrected chi connectivity index (χ1v) is 14.2. The molecular formula is C32H30F3N7O2. The van der Waals surface area contributed by atoms with Gasteiger partial charge in [-0.2, -0.15) is 18.3 Å². The molecule has 1 aliphatic rings. The first-order valence-electron chi connectivity index (χ1n) is 14.2. The number of hydrogen-bond acceptors (Lipinski definition) is 5. The van der Waals surface area contributed by atoms with E-state index in [0.29, 0.717) is 53.0 Å². The summed E-state index contributed by atoms with van der Waals surface area (Å²) in [6.45, 7) is 4.35. The first-order chi connectivity index (χ1) is 21.0.